The fraction of sp³-hybridized carbons (Fsp3) is 0.476. The van der Waals surface area contributed by atoms with E-state index in [-0.39, 0.29) is 29.9 Å². The summed E-state index contributed by atoms with van der Waals surface area (Å²) in [6.07, 6.45) is 2.83. The second-order valence-corrected chi connectivity index (χ2v) is 9.31. The molecule has 1 unspecified atom stereocenters. The van der Waals surface area contributed by atoms with Gasteiger partial charge in [-0.25, -0.2) is 8.42 Å². The molecular formula is C21H29N3O4S. The van der Waals surface area contributed by atoms with Gasteiger partial charge in [0.1, 0.15) is 11.5 Å². The number of carbonyl (C=O) groups is 1. The standard InChI is InChI=1S/C21H29N3O4S/c1-16-10-11-19(28-16)17(2)22-15-21(25)23-14-18-8-4-5-9-20(18)29(26,27)24-12-6-3-7-13-24/h4-5,8-11,17,22H,3,6-7,12-15H2,1-2H3,(H,23,25). The number of rotatable bonds is 8. The van der Waals surface area contributed by atoms with Gasteiger partial charge < -0.3 is 9.73 Å². The van der Waals surface area contributed by atoms with Gasteiger partial charge in [0.25, 0.3) is 0 Å². The van der Waals surface area contributed by atoms with E-state index in [1.807, 2.05) is 26.0 Å². The average molecular weight is 420 g/mol. The van der Waals surface area contributed by atoms with Crippen molar-refractivity contribution in [2.24, 2.45) is 0 Å². The Morgan fingerprint density at radius 1 is 1.14 bits per heavy atom. The summed E-state index contributed by atoms with van der Waals surface area (Å²) < 4.78 is 33.1. The third-order valence-electron chi connectivity index (χ3n) is 5.14. The van der Waals surface area contributed by atoms with Crippen LogP contribution in [0.25, 0.3) is 0 Å². The average Bonchev–Trinajstić information content (AvgIpc) is 3.17. The quantitative estimate of drug-likeness (QED) is 0.686. The van der Waals surface area contributed by atoms with Crippen molar-refractivity contribution in [1.82, 2.24) is 14.9 Å². The van der Waals surface area contributed by atoms with Crippen molar-refractivity contribution in [3.05, 3.63) is 53.5 Å². The molecule has 1 aromatic carbocycles. The summed E-state index contributed by atoms with van der Waals surface area (Å²) in [5, 5.41) is 5.92. The summed E-state index contributed by atoms with van der Waals surface area (Å²) in [4.78, 5) is 12.5. The molecule has 1 aliphatic rings. The molecule has 7 nitrogen and oxygen atoms in total. The first-order valence-corrected chi connectivity index (χ1v) is 11.5. The molecule has 3 rings (SSSR count). The lowest BCUT2D eigenvalue weighted by atomic mass is 10.2. The number of sulfonamides is 1. The lowest BCUT2D eigenvalue weighted by Gasteiger charge is -2.26. The van der Waals surface area contributed by atoms with Crippen LogP contribution in [0.4, 0.5) is 0 Å². The summed E-state index contributed by atoms with van der Waals surface area (Å²) in [6.45, 7) is 5.18. The molecule has 0 bridgehead atoms. The number of carbonyl (C=O) groups excluding carboxylic acids is 1. The number of furan rings is 1. The maximum absolute atomic E-state index is 13.0. The summed E-state index contributed by atoms with van der Waals surface area (Å²) in [5.41, 5.74) is 0.598. The third-order valence-corrected chi connectivity index (χ3v) is 7.14. The zero-order chi connectivity index (χ0) is 20.9. The highest BCUT2D eigenvalue weighted by molar-refractivity contribution is 7.89. The topological polar surface area (TPSA) is 91.7 Å². The largest absolute Gasteiger partial charge is 0.465 e. The van der Waals surface area contributed by atoms with Crippen molar-refractivity contribution in [2.45, 2.75) is 50.6 Å². The minimum absolute atomic E-state index is 0.0961. The Morgan fingerprint density at radius 2 is 1.86 bits per heavy atom. The van der Waals surface area contributed by atoms with Crippen LogP contribution in [0.1, 0.15) is 49.3 Å². The van der Waals surface area contributed by atoms with Crippen LogP contribution < -0.4 is 10.6 Å². The van der Waals surface area contributed by atoms with Gasteiger partial charge in [-0.3, -0.25) is 10.1 Å². The number of nitrogens with zero attached hydrogens (tertiary/aromatic N) is 1. The van der Waals surface area contributed by atoms with E-state index in [9.17, 15) is 13.2 Å². The number of amides is 1. The predicted octanol–water partition coefficient (Wildman–Crippen LogP) is 2.73. The SMILES string of the molecule is Cc1ccc(C(C)NCC(=O)NCc2ccccc2S(=O)(=O)N2CCCCC2)o1. The predicted molar refractivity (Wildman–Crippen MR) is 111 cm³/mol. The highest BCUT2D eigenvalue weighted by atomic mass is 32.2. The minimum Gasteiger partial charge on any atom is -0.465 e. The van der Waals surface area contributed by atoms with Gasteiger partial charge in [0.05, 0.1) is 17.5 Å². The number of aryl methyl sites for hydroxylation is 1. The number of hydrogen-bond acceptors (Lipinski definition) is 5. The van der Waals surface area contributed by atoms with Crippen molar-refractivity contribution < 1.29 is 17.6 Å². The van der Waals surface area contributed by atoms with Crippen LogP contribution in [0.5, 0.6) is 0 Å². The molecule has 0 aliphatic carbocycles. The van der Waals surface area contributed by atoms with Crippen LogP contribution in [0.2, 0.25) is 0 Å². The second kappa shape index (κ2) is 9.56. The molecular weight excluding hydrogens is 390 g/mol. The Morgan fingerprint density at radius 3 is 2.55 bits per heavy atom. The molecule has 1 atom stereocenters. The maximum Gasteiger partial charge on any atom is 0.243 e. The molecule has 1 saturated heterocycles. The van der Waals surface area contributed by atoms with E-state index < -0.39 is 10.0 Å². The van der Waals surface area contributed by atoms with Gasteiger partial charge in [0.2, 0.25) is 15.9 Å². The van der Waals surface area contributed by atoms with Crippen LogP contribution in [-0.4, -0.2) is 38.3 Å². The molecule has 2 N–H and O–H groups in total. The molecule has 1 aromatic heterocycles. The zero-order valence-electron chi connectivity index (χ0n) is 17.0. The smallest absolute Gasteiger partial charge is 0.243 e. The molecule has 2 aromatic rings. The normalized spacial score (nSPS) is 16.5. The highest BCUT2D eigenvalue weighted by Crippen LogP contribution is 2.23. The van der Waals surface area contributed by atoms with E-state index >= 15 is 0 Å². The summed E-state index contributed by atoms with van der Waals surface area (Å²) in [7, 11) is -3.55. The monoisotopic (exact) mass is 419 g/mol. The van der Waals surface area contributed by atoms with E-state index in [2.05, 4.69) is 10.6 Å². The van der Waals surface area contributed by atoms with Gasteiger partial charge in [0, 0.05) is 19.6 Å². The molecule has 29 heavy (non-hydrogen) atoms. The Bertz CT molecular complexity index is 933. The number of benzene rings is 1. The van der Waals surface area contributed by atoms with Crippen molar-refractivity contribution >= 4 is 15.9 Å². The lowest BCUT2D eigenvalue weighted by Crippen LogP contribution is -2.37. The molecule has 158 valence electrons. The van der Waals surface area contributed by atoms with E-state index in [0.29, 0.717) is 18.7 Å². The fourth-order valence-corrected chi connectivity index (χ4v) is 5.17. The van der Waals surface area contributed by atoms with Gasteiger partial charge in [-0.05, 0) is 50.5 Å². The Balaban J connectivity index is 1.58. The number of piperidine rings is 1. The Labute approximate surface area is 172 Å². The first-order chi connectivity index (χ1) is 13.9. The molecule has 1 amide bonds. The molecule has 1 aliphatic heterocycles. The van der Waals surface area contributed by atoms with Gasteiger partial charge in [-0.1, -0.05) is 24.6 Å². The van der Waals surface area contributed by atoms with Gasteiger partial charge in [0.15, 0.2) is 0 Å². The highest BCUT2D eigenvalue weighted by Gasteiger charge is 2.27. The van der Waals surface area contributed by atoms with E-state index in [1.165, 1.54) is 0 Å². The molecule has 2 heterocycles. The van der Waals surface area contributed by atoms with Crippen LogP contribution in [0.3, 0.4) is 0 Å². The number of nitrogens with one attached hydrogen (secondary N) is 2. The number of hydrogen-bond donors (Lipinski definition) is 2. The van der Waals surface area contributed by atoms with Crippen molar-refractivity contribution in [3.63, 3.8) is 0 Å². The van der Waals surface area contributed by atoms with Crippen LogP contribution >= 0.6 is 0 Å². The maximum atomic E-state index is 13.0. The van der Waals surface area contributed by atoms with Gasteiger partial charge in [-0.2, -0.15) is 4.31 Å². The van der Waals surface area contributed by atoms with Crippen molar-refractivity contribution in [2.75, 3.05) is 19.6 Å². The Hall–Kier alpha value is -2.16. The summed E-state index contributed by atoms with van der Waals surface area (Å²) in [6, 6.07) is 10.5. The first-order valence-electron chi connectivity index (χ1n) is 10.0. The van der Waals surface area contributed by atoms with E-state index in [0.717, 1.165) is 30.8 Å². The Kier molecular flexibility index (Phi) is 7.10. The van der Waals surface area contributed by atoms with Crippen LogP contribution in [-0.2, 0) is 21.4 Å². The summed E-state index contributed by atoms with van der Waals surface area (Å²) >= 11 is 0. The molecule has 0 spiro atoms. The van der Waals surface area contributed by atoms with Crippen molar-refractivity contribution in [3.8, 4) is 0 Å². The summed E-state index contributed by atoms with van der Waals surface area (Å²) in [5.74, 6) is 1.39. The molecule has 0 radical (unpaired) electrons. The lowest BCUT2D eigenvalue weighted by molar-refractivity contribution is -0.120. The first kappa shape index (κ1) is 21.5. The third kappa shape index (κ3) is 5.46. The molecule has 1 fully saturated rings. The van der Waals surface area contributed by atoms with Crippen molar-refractivity contribution in [1.29, 1.82) is 0 Å². The molecule has 8 heteroatoms. The zero-order valence-corrected chi connectivity index (χ0v) is 17.8. The fourth-order valence-electron chi connectivity index (χ4n) is 3.43. The van der Waals surface area contributed by atoms with E-state index in [1.54, 1.807) is 28.6 Å². The minimum atomic E-state index is -3.55. The van der Waals surface area contributed by atoms with Crippen LogP contribution in [0, 0.1) is 6.92 Å². The van der Waals surface area contributed by atoms with Crippen LogP contribution in [0.15, 0.2) is 45.7 Å². The van der Waals surface area contributed by atoms with E-state index in [4.69, 9.17) is 4.42 Å². The second-order valence-electron chi connectivity index (χ2n) is 7.40. The molecule has 0 saturated carbocycles. The van der Waals surface area contributed by atoms with Gasteiger partial charge in [-0.15, -0.1) is 0 Å². The van der Waals surface area contributed by atoms with Gasteiger partial charge >= 0.3 is 0 Å².